The van der Waals surface area contributed by atoms with Gasteiger partial charge in [0.2, 0.25) is 6.29 Å². The number of hydrogen-bond acceptors (Lipinski definition) is 10. The van der Waals surface area contributed by atoms with Gasteiger partial charge < -0.3 is 9.47 Å². The van der Waals surface area contributed by atoms with Crippen LogP contribution in [0, 0.1) is 11.8 Å². The maximum absolute atomic E-state index is 11.3. The van der Waals surface area contributed by atoms with Crippen molar-refractivity contribution >= 4 is 12.3 Å². The molecule has 0 rings (SSSR count). The molecule has 0 saturated heterocycles. The molecule has 0 heterocycles. The Morgan fingerprint density at radius 1 is 0.821 bits per heavy atom. The van der Waals surface area contributed by atoms with Gasteiger partial charge in [-0.3, -0.25) is 0 Å². The van der Waals surface area contributed by atoms with E-state index in [1.165, 1.54) is 0 Å². The van der Waals surface area contributed by atoms with E-state index in [0.717, 1.165) is 6.42 Å². The van der Waals surface area contributed by atoms with Crippen LogP contribution in [0.25, 0.3) is 0 Å². The average Bonchev–Trinajstić information content (AvgIpc) is 2.65. The molecule has 0 fully saturated rings. The molecule has 0 N–H and O–H groups in total. The SMILES string of the molecule is C=CCCOC(=O)OOOC(OOOC(=O)OCCC=C)C(C)CCC(C)C. The van der Waals surface area contributed by atoms with Crippen LogP contribution < -0.4 is 0 Å². The largest absolute Gasteiger partial charge is 0.542 e. The normalized spacial score (nSPS) is 11.8. The van der Waals surface area contributed by atoms with E-state index in [4.69, 9.17) is 9.78 Å². The minimum atomic E-state index is -1.17. The van der Waals surface area contributed by atoms with E-state index < -0.39 is 18.6 Å². The second kappa shape index (κ2) is 17.0. The lowest BCUT2D eigenvalue weighted by Gasteiger charge is -2.20. The lowest BCUT2D eigenvalue weighted by atomic mass is 9.99. The fourth-order valence-electron chi connectivity index (χ4n) is 1.61. The van der Waals surface area contributed by atoms with E-state index in [1.54, 1.807) is 19.1 Å². The zero-order valence-electron chi connectivity index (χ0n) is 16.6. The first kappa shape index (κ1) is 25.9. The molecular weight excluding hydrogens is 376 g/mol. The molecule has 0 aromatic carbocycles. The quantitative estimate of drug-likeness (QED) is 0.0903. The van der Waals surface area contributed by atoms with E-state index in [1.807, 2.05) is 0 Å². The molecule has 28 heavy (non-hydrogen) atoms. The van der Waals surface area contributed by atoms with E-state index in [-0.39, 0.29) is 19.1 Å². The summed E-state index contributed by atoms with van der Waals surface area (Å²) in [4.78, 5) is 40.8. The molecule has 0 amide bonds. The molecule has 1 unspecified atom stereocenters. The van der Waals surface area contributed by atoms with Crippen LogP contribution in [0.1, 0.15) is 46.5 Å². The number of rotatable bonds is 16. The molecule has 0 spiro atoms. The van der Waals surface area contributed by atoms with Gasteiger partial charge in [-0.2, -0.15) is 9.78 Å². The topological polar surface area (TPSA) is 108 Å². The summed E-state index contributed by atoms with van der Waals surface area (Å²) in [6.07, 6.45) is 2.24. The highest BCUT2D eigenvalue weighted by Gasteiger charge is 2.24. The van der Waals surface area contributed by atoms with Gasteiger partial charge in [-0.05, 0) is 35.3 Å². The van der Waals surface area contributed by atoms with Gasteiger partial charge in [0.25, 0.3) is 0 Å². The number of carbonyl (C=O) groups excluding carboxylic acids is 2. The highest BCUT2D eigenvalue weighted by atomic mass is 17.6. The van der Waals surface area contributed by atoms with Crippen LogP contribution in [0.2, 0.25) is 0 Å². The van der Waals surface area contributed by atoms with E-state index in [2.05, 4.69) is 56.3 Å². The summed E-state index contributed by atoms with van der Waals surface area (Å²) in [5.41, 5.74) is 0. The van der Waals surface area contributed by atoms with Crippen molar-refractivity contribution in [2.24, 2.45) is 11.8 Å². The monoisotopic (exact) mass is 406 g/mol. The standard InChI is InChI=1S/C18H30O10/c1-6-8-12-21-17(19)25-27-23-16(15(5)11-10-14(3)4)24-28-26-18(20)22-13-9-7-2/h6-7,14-16H,1-2,8-13H2,3-5H3. The van der Waals surface area contributed by atoms with Crippen LogP contribution in [0.15, 0.2) is 25.3 Å². The Morgan fingerprint density at radius 2 is 1.29 bits per heavy atom. The number of hydrogen-bond donors (Lipinski definition) is 0. The Hall–Kier alpha value is -2.14. The van der Waals surface area contributed by atoms with Crippen molar-refractivity contribution in [3.8, 4) is 0 Å². The fourth-order valence-corrected chi connectivity index (χ4v) is 1.61. The Kier molecular flexibility index (Phi) is 15.7. The maximum atomic E-state index is 11.3. The van der Waals surface area contributed by atoms with Crippen LogP contribution in [0.5, 0.6) is 0 Å². The van der Waals surface area contributed by atoms with Gasteiger partial charge in [0.15, 0.2) is 0 Å². The lowest BCUT2D eigenvalue weighted by Crippen LogP contribution is -2.27. The summed E-state index contributed by atoms with van der Waals surface area (Å²) in [6, 6.07) is 0. The Balaban J connectivity index is 4.33. The van der Waals surface area contributed by atoms with Gasteiger partial charge in [-0.25, -0.2) is 19.4 Å². The van der Waals surface area contributed by atoms with Crippen molar-refractivity contribution in [1.29, 1.82) is 0 Å². The molecule has 0 bridgehead atoms. The zero-order valence-corrected chi connectivity index (χ0v) is 16.6. The number of ether oxygens (including phenoxy) is 2. The van der Waals surface area contributed by atoms with Crippen molar-refractivity contribution in [2.75, 3.05) is 13.2 Å². The molecule has 162 valence electrons. The summed E-state index contributed by atoms with van der Waals surface area (Å²) < 4.78 is 9.32. The van der Waals surface area contributed by atoms with E-state index in [9.17, 15) is 9.59 Å². The highest BCUT2D eigenvalue weighted by Crippen LogP contribution is 2.19. The summed E-state index contributed by atoms with van der Waals surface area (Å²) in [6.45, 7) is 13.0. The summed E-state index contributed by atoms with van der Waals surface area (Å²) in [5.74, 6) is 0.181. The van der Waals surface area contributed by atoms with E-state index in [0.29, 0.717) is 25.2 Å². The van der Waals surface area contributed by atoms with Gasteiger partial charge in [0.1, 0.15) is 0 Å². The molecule has 0 aromatic heterocycles. The molecule has 0 radical (unpaired) electrons. The van der Waals surface area contributed by atoms with Crippen LogP contribution in [-0.4, -0.2) is 31.8 Å². The molecular formula is C18H30O10. The van der Waals surface area contributed by atoms with Crippen LogP contribution in [0.3, 0.4) is 0 Å². The fraction of sp³-hybridized carbons (Fsp3) is 0.667. The second-order valence-electron chi connectivity index (χ2n) is 6.16. The maximum Gasteiger partial charge on any atom is 0.542 e. The van der Waals surface area contributed by atoms with Crippen molar-refractivity contribution in [3.63, 3.8) is 0 Å². The van der Waals surface area contributed by atoms with Crippen LogP contribution in [0.4, 0.5) is 9.59 Å². The van der Waals surface area contributed by atoms with E-state index >= 15 is 0 Å². The molecule has 0 aliphatic carbocycles. The molecule has 10 nitrogen and oxygen atoms in total. The van der Waals surface area contributed by atoms with Gasteiger partial charge in [-0.1, -0.05) is 39.3 Å². The molecule has 10 heteroatoms. The van der Waals surface area contributed by atoms with Crippen LogP contribution >= 0.6 is 0 Å². The predicted octanol–water partition coefficient (Wildman–Crippen LogP) is 4.57. The van der Waals surface area contributed by atoms with Crippen LogP contribution in [-0.2, 0) is 39.1 Å². The first-order valence-corrected chi connectivity index (χ1v) is 8.96. The van der Waals surface area contributed by atoms with Crippen molar-refractivity contribution < 1.29 is 48.7 Å². The van der Waals surface area contributed by atoms with Crippen molar-refractivity contribution in [2.45, 2.75) is 52.7 Å². The molecule has 0 aliphatic rings. The third-order valence-electron chi connectivity index (χ3n) is 3.22. The zero-order chi connectivity index (χ0) is 21.2. The minimum absolute atomic E-state index is 0.0847. The first-order valence-electron chi connectivity index (χ1n) is 8.96. The molecule has 0 saturated carbocycles. The third kappa shape index (κ3) is 15.0. The molecule has 0 aliphatic heterocycles. The Morgan fingerprint density at radius 3 is 1.68 bits per heavy atom. The highest BCUT2D eigenvalue weighted by molar-refractivity contribution is 5.59. The Labute approximate surface area is 165 Å². The smallest absolute Gasteiger partial charge is 0.432 e. The number of carbonyl (C=O) groups is 2. The van der Waals surface area contributed by atoms with Gasteiger partial charge >= 0.3 is 12.3 Å². The summed E-state index contributed by atoms with van der Waals surface area (Å²) in [7, 11) is 0. The summed E-state index contributed by atoms with van der Waals surface area (Å²) >= 11 is 0. The predicted molar refractivity (Wildman–Crippen MR) is 95.9 cm³/mol. The van der Waals surface area contributed by atoms with Gasteiger partial charge in [0.05, 0.1) is 13.2 Å². The summed E-state index contributed by atoms with van der Waals surface area (Å²) in [5, 5.41) is 8.73. The average molecular weight is 406 g/mol. The van der Waals surface area contributed by atoms with Gasteiger partial charge in [0, 0.05) is 5.92 Å². The first-order chi connectivity index (χ1) is 13.4. The van der Waals surface area contributed by atoms with Gasteiger partial charge in [-0.15, -0.1) is 13.2 Å². The third-order valence-corrected chi connectivity index (χ3v) is 3.22. The second-order valence-corrected chi connectivity index (χ2v) is 6.16. The van der Waals surface area contributed by atoms with Crippen molar-refractivity contribution in [3.05, 3.63) is 25.3 Å². The Bertz CT molecular complexity index is 420. The molecule has 0 aromatic rings. The minimum Gasteiger partial charge on any atom is -0.432 e. The van der Waals surface area contributed by atoms with Crippen molar-refractivity contribution in [1.82, 2.24) is 0 Å². The lowest BCUT2D eigenvalue weighted by molar-refractivity contribution is -0.601. The molecule has 1 atom stereocenters.